The first-order valence-corrected chi connectivity index (χ1v) is 7.68. The Balaban J connectivity index is 1.59. The summed E-state index contributed by atoms with van der Waals surface area (Å²) in [6, 6.07) is 0.843. The summed E-state index contributed by atoms with van der Waals surface area (Å²) in [5.74, 6) is 1.04. The van der Waals surface area contributed by atoms with E-state index in [1.807, 2.05) is 6.20 Å². The minimum absolute atomic E-state index is 0.843. The van der Waals surface area contributed by atoms with Crippen LogP contribution in [0.5, 0.6) is 0 Å². The highest BCUT2D eigenvalue weighted by atomic mass is 15.3. The smallest absolute Gasteiger partial charge is 0.147 e. The monoisotopic (exact) mass is 260 g/mol. The Morgan fingerprint density at radius 1 is 0.895 bits per heavy atom. The number of hydrogen-bond acceptors (Lipinski definition) is 4. The van der Waals surface area contributed by atoms with Gasteiger partial charge in [0.15, 0.2) is 0 Å². The second kappa shape index (κ2) is 6.33. The van der Waals surface area contributed by atoms with E-state index in [2.05, 4.69) is 19.8 Å². The van der Waals surface area contributed by atoms with Crippen LogP contribution in [0.4, 0.5) is 5.82 Å². The predicted octanol–water partition coefficient (Wildman–Crippen LogP) is 2.32. The Morgan fingerprint density at radius 3 is 2.58 bits per heavy atom. The highest BCUT2D eigenvalue weighted by molar-refractivity contribution is 5.35. The van der Waals surface area contributed by atoms with Crippen LogP contribution >= 0.6 is 0 Å². The van der Waals surface area contributed by atoms with E-state index in [1.165, 1.54) is 51.6 Å². The normalized spacial score (nSPS) is 23.3. The summed E-state index contributed by atoms with van der Waals surface area (Å²) in [6.07, 6.45) is 13.8. The predicted molar refractivity (Wildman–Crippen MR) is 77.3 cm³/mol. The molecule has 1 saturated carbocycles. The van der Waals surface area contributed by atoms with Crippen LogP contribution in [0.2, 0.25) is 0 Å². The summed E-state index contributed by atoms with van der Waals surface area (Å²) in [5.41, 5.74) is 0. The van der Waals surface area contributed by atoms with Gasteiger partial charge in [-0.15, -0.1) is 0 Å². The molecule has 1 aromatic heterocycles. The van der Waals surface area contributed by atoms with Gasteiger partial charge in [-0.25, -0.2) is 4.98 Å². The van der Waals surface area contributed by atoms with Gasteiger partial charge in [0.05, 0.1) is 6.20 Å². The first kappa shape index (κ1) is 12.9. The van der Waals surface area contributed by atoms with Crippen LogP contribution in [0.15, 0.2) is 18.6 Å². The second-order valence-electron chi connectivity index (χ2n) is 5.73. The fourth-order valence-electron chi connectivity index (χ4n) is 3.43. The van der Waals surface area contributed by atoms with Gasteiger partial charge < -0.3 is 4.90 Å². The van der Waals surface area contributed by atoms with Gasteiger partial charge in [-0.1, -0.05) is 19.3 Å². The van der Waals surface area contributed by atoms with Gasteiger partial charge in [0.25, 0.3) is 0 Å². The molecule has 1 aliphatic heterocycles. The number of aromatic nitrogens is 2. The van der Waals surface area contributed by atoms with Crippen molar-refractivity contribution in [3.8, 4) is 0 Å². The fourth-order valence-corrected chi connectivity index (χ4v) is 3.43. The molecule has 0 aromatic carbocycles. The third-order valence-corrected chi connectivity index (χ3v) is 4.50. The number of rotatable bonds is 2. The molecule has 0 N–H and O–H groups in total. The Kier molecular flexibility index (Phi) is 4.28. The van der Waals surface area contributed by atoms with E-state index in [4.69, 9.17) is 0 Å². The van der Waals surface area contributed by atoms with Crippen molar-refractivity contribution in [2.24, 2.45) is 0 Å². The van der Waals surface area contributed by atoms with Crippen molar-refractivity contribution < 1.29 is 0 Å². The molecule has 2 fully saturated rings. The summed E-state index contributed by atoms with van der Waals surface area (Å²) >= 11 is 0. The van der Waals surface area contributed by atoms with E-state index in [0.717, 1.165) is 24.9 Å². The molecule has 0 bridgehead atoms. The van der Waals surface area contributed by atoms with Crippen LogP contribution in [0, 0.1) is 0 Å². The number of hydrogen-bond donors (Lipinski definition) is 0. The molecule has 1 saturated heterocycles. The topological polar surface area (TPSA) is 32.3 Å². The minimum atomic E-state index is 0.843. The van der Waals surface area contributed by atoms with Gasteiger partial charge >= 0.3 is 0 Å². The average Bonchev–Trinajstić information content (AvgIpc) is 2.75. The summed E-state index contributed by atoms with van der Waals surface area (Å²) in [7, 11) is 0. The molecular formula is C15H24N4. The fraction of sp³-hybridized carbons (Fsp3) is 0.733. The zero-order valence-corrected chi connectivity index (χ0v) is 11.7. The van der Waals surface area contributed by atoms with Gasteiger partial charge in [0.1, 0.15) is 5.82 Å². The van der Waals surface area contributed by atoms with Gasteiger partial charge in [0, 0.05) is 44.6 Å². The summed E-state index contributed by atoms with van der Waals surface area (Å²) in [6.45, 7) is 4.64. The lowest BCUT2D eigenvalue weighted by molar-refractivity contribution is 0.166. The van der Waals surface area contributed by atoms with Crippen LogP contribution in [0.1, 0.15) is 38.5 Å². The minimum Gasteiger partial charge on any atom is -0.354 e. The van der Waals surface area contributed by atoms with Crippen molar-refractivity contribution in [2.75, 3.05) is 31.1 Å². The van der Waals surface area contributed by atoms with Gasteiger partial charge in [-0.3, -0.25) is 9.88 Å². The van der Waals surface area contributed by atoms with Crippen LogP contribution in [-0.4, -0.2) is 47.1 Å². The lowest BCUT2D eigenvalue weighted by Crippen LogP contribution is -2.39. The molecule has 2 aliphatic rings. The molecular weight excluding hydrogens is 236 g/mol. The zero-order valence-electron chi connectivity index (χ0n) is 11.7. The van der Waals surface area contributed by atoms with Crippen LogP contribution in [0.25, 0.3) is 0 Å². The first-order chi connectivity index (χ1) is 9.43. The third kappa shape index (κ3) is 3.24. The van der Waals surface area contributed by atoms with E-state index in [-0.39, 0.29) is 0 Å². The molecule has 1 aromatic rings. The molecule has 2 heterocycles. The molecule has 104 valence electrons. The summed E-state index contributed by atoms with van der Waals surface area (Å²) < 4.78 is 0. The van der Waals surface area contributed by atoms with Crippen molar-refractivity contribution in [1.29, 1.82) is 0 Å². The van der Waals surface area contributed by atoms with E-state index in [9.17, 15) is 0 Å². The van der Waals surface area contributed by atoms with Gasteiger partial charge in [-0.2, -0.15) is 0 Å². The summed E-state index contributed by atoms with van der Waals surface area (Å²) in [4.78, 5) is 13.7. The standard InChI is InChI=1S/C15H24N4/c1-2-5-14(6-3-1)18-9-4-10-19(12-11-18)15-13-16-7-8-17-15/h7-8,13-14H,1-6,9-12H2. The van der Waals surface area contributed by atoms with E-state index >= 15 is 0 Å². The second-order valence-corrected chi connectivity index (χ2v) is 5.73. The molecule has 0 amide bonds. The largest absolute Gasteiger partial charge is 0.354 e. The molecule has 3 rings (SSSR count). The lowest BCUT2D eigenvalue weighted by atomic mass is 9.94. The zero-order chi connectivity index (χ0) is 12.9. The highest BCUT2D eigenvalue weighted by Crippen LogP contribution is 2.24. The average molecular weight is 260 g/mol. The van der Waals surface area contributed by atoms with Crippen molar-refractivity contribution in [1.82, 2.24) is 14.9 Å². The number of nitrogens with zero attached hydrogens (tertiary/aromatic N) is 4. The van der Waals surface area contributed by atoms with Crippen molar-refractivity contribution in [3.05, 3.63) is 18.6 Å². The number of anilines is 1. The van der Waals surface area contributed by atoms with Gasteiger partial charge in [0.2, 0.25) is 0 Å². The van der Waals surface area contributed by atoms with E-state index < -0.39 is 0 Å². The Hall–Kier alpha value is -1.16. The molecule has 0 unspecified atom stereocenters. The van der Waals surface area contributed by atoms with Gasteiger partial charge in [-0.05, 0) is 19.3 Å². The van der Waals surface area contributed by atoms with E-state index in [0.29, 0.717) is 0 Å². The maximum atomic E-state index is 4.43. The molecule has 1 aliphatic carbocycles. The summed E-state index contributed by atoms with van der Waals surface area (Å²) in [5, 5.41) is 0. The van der Waals surface area contributed by atoms with Crippen LogP contribution in [-0.2, 0) is 0 Å². The molecule has 4 nitrogen and oxygen atoms in total. The molecule has 4 heteroatoms. The maximum Gasteiger partial charge on any atom is 0.147 e. The maximum absolute atomic E-state index is 4.43. The SMILES string of the molecule is c1cnc(N2CCCN(C3CCCCC3)CC2)cn1. The molecule has 0 atom stereocenters. The third-order valence-electron chi connectivity index (χ3n) is 4.50. The Bertz CT molecular complexity index is 375. The Morgan fingerprint density at radius 2 is 1.79 bits per heavy atom. The van der Waals surface area contributed by atoms with Crippen molar-refractivity contribution in [2.45, 2.75) is 44.6 Å². The first-order valence-electron chi connectivity index (χ1n) is 7.68. The lowest BCUT2D eigenvalue weighted by Gasteiger charge is -2.33. The quantitative estimate of drug-likeness (QED) is 0.817. The van der Waals surface area contributed by atoms with Crippen molar-refractivity contribution in [3.63, 3.8) is 0 Å². The van der Waals surface area contributed by atoms with Crippen LogP contribution < -0.4 is 4.90 Å². The highest BCUT2D eigenvalue weighted by Gasteiger charge is 2.23. The molecule has 0 spiro atoms. The molecule has 0 radical (unpaired) electrons. The van der Waals surface area contributed by atoms with Crippen molar-refractivity contribution >= 4 is 5.82 Å². The Labute approximate surface area is 115 Å². The van der Waals surface area contributed by atoms with E-state index in [1.54, 1.807) is 12.4 Å². The van der Waals surface area contributed by atoms with Crippen LogP contribution in [0.3, 0.4) is 0 Å². The molecule has 19 heavy (non-hydrogen) atoms.